The zero-order valence-electron chi connectivity index (χ0n) is 42.7. The molecule has 0 saturated carbocycles. The van der Waals surface area contributed by atoms with Crippen molar-refractivity contribution in [2.24, 2.45) is 0 Å². The summed E-state index contributed by atoms with van der Waals surface area (Å²) in [5.41, 5.74) is 0. The van der Waals surface area contributed by atoms with Gasteiger partial charge < -0.3 is 28.5 Å². The van der Waals surface area contributed by atoms with Crippen molar-refractivity contribution in [3.8, 4) is 0 Å². The zero-order valence-corrected chi connectivity index (χ0v) is 43.6. The van der Waals surface area contributed by atoms with E-state index in [0.717, 1.165) is 64.2 Å². The fourth-order valence-corrected chi connectivity index (χ4v) is 8.35. The number of allylic oxidation sites excluding steroid dienone is 5. The molecular weight excluding hydrogens is 820 g/mol. The van der Waals surface area contributed by atoms with Crippen LogP contribution in [0.1, 0.15) is 245 Å². The van der Waals surface area contributed by atoms with Crippen molar-refractivity contribution in [3.05, 3.63) is 36.5 Å². The molecule has 1 amide bonds. The van der Waals surface area contributed by atoms with Crippen LogP contribution >= 0.6 is 7.82 Å². The highest BCUT2D eigenvalue weighted by Gasteiger charge is 2.27. The van der Waals surface area contributed by atoms with Gasteiger partial charge in [-0.05, 0) is 57.4 Å². The van der Waals surface area contributed by atoms with Crippen LogP contribution in [0.4, 0.5) is 0 Å². The van der Waals surface area contributed by atoms with E-state index in [1.165, 1.54) is 141 Å². The van der Waals surface area contributed by atoms with Crippen LogP contribution in [0.2, 0.25) is 0 Å². The van der Waals surface area contributed by atoms with Crippen LogP contribution in [0.3, 0.4) is 0 Å². The van der Waals surface area contributed by atoms with Gasteiger partial charge in [0.15, 0.2) is 0 Å². The maximum atomic E-state index is 13.4. The predicted molar refractivity (Wildman–Crippen MR) is 270 cm³/mol. The number of quaternary nitrogens is 1. The van der Waals surface area contributed by atoms with Crippen LogP contribution in [-0.2, 0) is 27.9 Å². The third-order valence-corrected chi connectivity index (χ3v) is 12.8. The highest BCUT2D eigenvalue weighted by molar-refractivity contribution is 7.45. The Morgan fingerprint density at radius 1 is 0.547 bits per heavy atom. The Balaban J connectivity index is 5.41. The molecule has 9 nitrogen and oxygen atoms in total. The number of hydrogen-bond acceptors (Lipinski definition) is 7. The highest BCUT2D eigenvalue weighted by Crippen LogP contribution is 2.38. The maximum Gasteiger partial charge on any atom is 0.306 e. The average Bonchev–Trinajstić information content (AvgIpc) is 3.25. The number of amides is 1. The number of phosphoric acid groups is 1. The van der Waals surface area contributed by atoms with E-state index < -0.39 is 26.6 Å². The molecule has 0 radical (unpaired) electrons. The molecule has 0 aromatic heterocycles. The Labute approximate surface area is 396 Å². The van der Waals surface area contributed by atoms with Crippen LogP contribution < -0.4 is 10.2 Å². The van der Waals surface area contributed by atoms with Crippen molar-refractivity contribution in [3.63, 3.8) is 0 Å². The molecule has 0 fully saturated rings. The number of carbonyl (C=O) groups excluding carboxylic acids is 2. The first-order valence-electron chi connectivity index (χ1n) is 26.8. The number of hydrogen-bond donors (Lipinski definition) is 1. The molecule has 0 spiro atoms. The van der Waals surface area contributed by atoms with Crippen molar-refractivity contribution in [1.82, 2.24) is 5.32 Å². The SMILES string of the molecule is CCCCCCCCC/C=C/C=C/CCCCCC(=O)NC(COP(=O)([O-])OCC[N+](C)(C)C)C(/C=C\CCCCCCCCCCC)OC(=O)CCCCCCCCCCCCC. The van der Waals surface area contributed by atoms with Crippen LogP contribution in [0.25, 0.3) is 0 Å². The summed E-state index contributed by atoms with van der Waals surface area (Å²) < 4.78 is 30.1. The monoisotopic (exact) mass is 923 g/mol. The van der Waals surface area contributed by atoms with Gasteiger partial charge in [0.2, 0.25) is 5.91 Å². The number of likely N-dealkylation sites (N-methyl/N-ethyl adjacent to an activating group) is 1. The number of carbonyl (C=O) groups is 2. The van der Waals surface area contributed by atoms with E-state index in [-0.39, 0.29) is 31.3 Å². The van der Waals surface area contributed by atoms with E-state index in [1.54, 1.807) is 0 Å². The van der Waals surface area contributed by atoms with E-state index >= 15 is 0 Å². The number of phosphoric ester groups is 1. The molecule has 0 aromatic rings. The van der Waals surface area contributed by atoms with E-state index in [0.29, 0.717) is 17.4 Å². The van der Waals surface area contributed by atoms with Crippen LogP contribution in [0, 0.1) is 0 Å². The summed E-state index contributed by atoms with van der Waals surface area (Å²) in [7, 11) is 1.17. The highest BCUT2D eigenvalue weighted by atomic mass is 31.2. The topological polar surface area (TPSA) is 114 Å². The molecule has 1 N–H and O–H groups in total. The summed E-state index contributed by atoms with van der Waals surface area (Å²) in [6, 6.07) is -0.895. The number of nitrogens with one attached hydrogen (secondary N) is 1. The Hall–Kier alpha value is -1.77. The van der Waals surface area contributed by atoms with Crippen molar-refractivity contribution in [2.45, 2.75) is 258 Å². The quantitative estimate of drug-likeness (QED) is 0.0161. The molecule has 0 rings (SSSR count). The molecule has 3 unspecified atom stereocenters. The minimum Gasteiger partial charge on any atom is -0.756 e. The Morgan fingerprint density at radius 2 is 0.938 bits per heavy atom. The third kappa shape index (κ3) is 45.4. The first-order chi connectivity index (χ1) is 30.9. The largest absolute Gasteiger partial charge is 0.756 e. The molecule has 0 heterocycles. The fourth-order valence-electron chi connectivity index (χ4n) is 7.63. The predicted octanol–water partition coefficient (Wildman–Crippen LogP) is 15.0. The second-order valence-corrected chi connectivity index (χ2v) is 20.8. The van der Waals surface area contributed by atoms with Gasteiger partial charge in [-0.3, -0.25) is 14.2 Å². The second kappa shape index (κ2) is 45.0. The molecule has 376 valence electrons. The van der Waals surface area contributed by atoms with Gasteiger partial charge in [-0.1, -0.05) is 212 Å². The van der Waals surface area contributed by atoms with E-state index in [9.17, 15) is 19.0 Å². The average molecular weight is 923 g/mol. The lowest BCUT2D eigenvalue weighted by Crippen LogP contribution is -2.47. The Bertz CT molecular complexity index is 1200. The zero-order chi connectivity index (χ0) is 47.3. The molecule has 10 heteroatoms. The molecule has 0 bridgehead atoms. The Morgan fingerprint density at radius 3 is 1.39 bits per heavy atom. The minimum atomic E-state index is -4.69. The first kappa shape index (κ1) is 62.2. The lowest BCUT2D eigenvalue weighted by atomic mass is 10.0. The third-order valence-electron chi connectivity index (χ3n) is 11.9. The summed E-state index contributed by atoms with van der Waals surface area (Å²) >= 11 is 0. The molecule has 64 heavy (non-hydrogen) atoms. The lowest BCUT2D eigenvalue weighted by molar-refractivity contribution is -0.870. The molecule has 0 saturated heterocycles. The van der Waals surface area contributed by atoms with Gasteiger partial charge in [0.05, 0.1) is 33.8 Å². The second-order valence-electron chi connectivity index (χ2n) is 19.4. The normalized spacial score (nSPS) is 14.2. The summed E-state index contributed by atoms with van der Waals surface area (Å²) in [6.45, 7) is 6.80. The van der Waals surface area contributed by atoms with Gasteiger partial charge in [-0.2, -0.15) is 0 Å². The summed E-state index contributed by atoms with van der Waals surface area (Å²) in [5.74, 6) is -0.569. The van der Waals surface area contributed by atoms with Crippen LogP contribution in [0.15, 0.2) is 36.5 Å². The van der Waals surface area contributed by atoms with Crippen LogP contribution in [0.5, 0.6) is 0 Å². The summed E-state index contributed by atoms with van der Waals surface area (Å²) in [4.78, 5) is 39.6. The molecule has 0 aliphatic carbocycles. The van der Waals surface area contributed by atoms with Gasteiger partial charge in [0, 0.05) is 12.8 Å². The number of nitrogens with zero attached hydrogens (tertiary/aromatic N) is 1. The summed E-state index contributed by atoms with van der Waals surface area (Å²) in [5, 5.41) is 3.00. The molecule has 0 aliphatic rings. The van der Waals surface area contributed by atoms with Crippen molar-refractivity contribution < 1.29 is 37.3 Å². The number of esters is 1. The first-order valence-corrected chi connectivity index (χ1v) is 28.3. The molecular formula is C54H103N2O7P. The van der Waals surface area contributed by atoms with E-state index in [2.05, 4.69) is 50.4 Å². The molecule has 3 atom stereocenters. The van der Waals surface area contributed by atoms with E-state index in [4.69, 9.17) is 13.8 Å². The van der Waals surface area contributed by atoms with Gasteiger partial charge in [-0.25, -0.2) is 0 Å². The number of ether oxygens (including phenoxy) is 1. The Kier molecular flexibility index (Phi) is 43.8. The van der Waals surface area contributed by atoms with E-state index in [1.807, 2.05) is 33.3 Å². The fraction of sp³-hybridized carbons (Fsp3) is 0.852. The van der Waals surface area contributed by atoms with Gasteiger partial charge in [-0.15, -0.1) is 0 Å². The number of rotatable bonds is 48. The van der Waals surface area contributed by atoms with Gasteiger partial charge >= 0.3 is 5.97 Å². The minimum absolute atomic E-state index is 0.0257. The van der Waals surface area contributed by atoms with Crippen molar-refractivity contribution >= 4 is 19.7 Å². The van der Waals surface area contributed by atoms with Gasteiger partial charge in [0.1, 0.15) is 19.3 Å². The summed E-state index contributed by atoms with van der Waals surface area (Å²) in [6.07, 6.45) is 51.1. The lowest BCUT2D eigenvalue weighted by Gasteiger charge is -2.30. The molecule has 0 aliphatic heterocycles. The van der Waals surface area contributed by atoms with Gasteiger partial charge in [0.25, 0.3) is 7.82 Å². The number of unbranched alkanes of at least 4 members (excludes halogenated alkanes) is 29. The standard InChI is InChI=1S/C54H103N2O7P/c1-7-10-13-16-19-22-25-26-27-28-29-32-34-37-40-43-46-53(57)55-51(50-62-64(59,60)61-49-48-56(4,5)6)52(45-42-39-36-33-30-23-20-17-14-11-8-2)63-54(58)47-44-41-38-35-31-24-21-18-15-12-9-3/h27-29,32,42,45,51-52H,7-26,30-31,33-41,43-44,46-50H2,1-6H3,(H-,55,57,59,60)/b28-27+,32-29+,45-42-. The molecule has 0 aromatic carbocycles. The van der Waals surface area contributed by atoms with Crippen LogP contribution in [-0.4, -0.2) is 69.4 Å². The van der Waals surface area contributed by atoms with Crippen molar-refractivity contribution in [2.75, 3.05) is 40.9 Å². The smallest absolute Gasteiger partial charge is 0.306 e. The maximum absolute atomic E-state index is 13.4. The van der Waals surface area contributed by atoms with Crippen molar-refractivity contribution in [1.29, 1.82) is 0 Å².